The average Bonchev–Trinajstić information content (AvgIpc) is 3.26. The molecule has 5 unspecified atom stereocenters. The number of aliphatic carboxylic acids is 1. The highest BCUT2D eigenvalue weighted by Gasteiger charge is 2.33. The van der Waals surface area contributed by atoms with Crippen LogP contribution >= 0.6 is 12.6 Å². The Kier molecular flexibility index (Phi) is 10.6. The lowest BCUT2D eigenvalue weighted by atomic mass is 9.96. The standard InChI is InChI=1S/C23H33N5O6S/c1-3-12(2)19(22(32)27-18(10-29)23(33)34)28-21(31)17(26-20(30)15(24)11-35)8-13-9-25-16-7-5-4-6-14(13)16/h4-7,9,12,15,17-19,25,29,35H,3,8,10-11,24H2,1-2H3,(H,26,30)(H,27,32)(H,28,31)(H,33,34). The molecule has 0 radical (unpaired) electrons. The second kappa shape index (κ2) is 13.1. The number of para-hydroxylation sites is 1. The summed E-state index contributed by atoms with van der Waals surface area (Å²) in [5.74, 6) is -3.65. The number of H-pyrrole nitrogens is 1. The summed E-state index contributed by atoms with van der Waals surface area (Å²) in [6, 6.07) is 2.87. The number of carbonyl (C=O) groups excluding carboxylic acids is 3. The smallest absolute Gasteiger partial charge is 0.328 e. The van der Waals surface area contributed by atoms with E-state index >= 15 is 0 Å². The predicted octanol–water partition coefficient (Wildman–Crippen LogP) is -0.455. The Hall–Kier alpha value is -3.09. The molecule has 0 fully saturated rings. The van der Waals surface area contributed by atoms with Crippen LogP contribution in [0.3, 0.4) is 0 Å². The van der Waals surface area contributed by atoms with Gasteiger partial charge in [-0.2, -0.15) is 12.6 Å². The third-order valence-corrected chi connectivity index (χ3v) is 6.25. The number of hydrogen-bond acceptors (Lipinski definition) is 7. The molecule has 2 aromatic rings. The maximum atomic E-state index is 13.3. The van der Waals surface area contributed by atoms with E-state index in [1.807, 2.05) is 31.2 Å². The maximum absolute atomic E-state index is 13.3. The monoisotopic (exact) mass is 507 g/mol. The Bertz CT molecular complexity index is 1040. The maximum Gasteiger partial charge on any atom is 0.328 e. The quantitative estimate of drug-likeness (QED) is 0.169. The zero-order valence-corrected chi connectivity index (χ0v) is 20.5. The minimum Gasteiger partial charge on any atom is -0.480 e. The molecule has 5 atom stereocenters. The van der Waals surface area contributed by atoms with Crippen molar-refractivity contribution in [2.75, 3.05) is 12.4 Å². The third-order valence-electron chi connectivity index (χ3n) is 5.86. The Morgan fingerprint density at radius 1 is 1.06 bits per heavy atom. The summed E-state index contributed by atoms with van der Waals surface area (Å²) in [7, 11) is 0. The molecule has 2 rings (SSSR count). The number of hydrogen-bond donors (Lipinski definition) is 8. The average molecular weight is 508 g/mol. The predicted molar refractivity (Wildman–Crippen MR) is 134 cm³/mol. The number of aromatic nitrogens is 1. The van der Waals surface area contributed by atoms with Crippen molar-refractivity contribution in [3.05, 3.63) is 36.0 Å². The van der Waals surface area contributed by atoms with Crippen LogP contribution in [-0.2, 0) is 25.6 Å². The van der Waals surface area contributed by atoms with Gasteiger partial charge in [0.15, 0.2) is 0 Å². The number of carboxylic acids is 1. The molecule has 1 heterocycles. The molecule has 0 aliphatic carbocycles. The number of rotatable bonds is 13. The first-order valence-electron chi connectivity index (χ1n) is 11.3. The fraction of sp³-hybridized carbons (Fsp3) is 0.478. The van der Waals surface area contributed by atoms with E-state index in [1.54, 1.807) is 13.1 Å². The van der Waals surface area contributed by atoms with E-state index in [-0.39, 0.29) is 18.1 Å². The van der Waals surface area contributed by atoms with Gasteiger partial charge in [-0.15, -0.1) is 0 Å². The van der Waals surface area contributed by atoms with Crippen molar-refractivity contribution in [3.63, 3.8) is 0 Å². The van der Waals surface area contributed by atoms with Crippen LogP contribution in [0.25, 0.3) is 10.9 Å². The third kappa shape index (κ3) is 7.44. The number of amides is 3. The van der Waals surface area contributed by atoms with Crippen LogP contribution in [0.4, 0.5) is 0 Å². The van der Waals surface area contributed by atoms with E-state index in [0.29, 0.717) is 6.42 Å². The van der Waals surface area contributed by atoms with E-state index in [9.17, 15) is 24.3 Å². The molecule has 3 amide bonds. The largest absolute Gasteiger partial charge is 0.480 e. The molecule has 8 N–H and O–H groups in total. The van der Waals surface area contributed by atoms with Crippen LogP contribution in [0.15, 0.2) is 30.5 Å². The van der Waals surface area contributed by atoms with Crippen molar-refractivity contribution < 1.29 is 29.4 Å². The molecule has 1 aromatic heterocycles. The Balaban J connectivity index is 2.30. The van der Waals surface area contributed by atoms with E-state index in [0.717, 1.165) is 16.5 Å². The first kappa shape index (κ1) is 28.1. The molecular formula is C23H33N5O6S. The fourth-order valence-electron chi connectivity index (χ4n) is 3.49. The lowest BCUT2D eigenvalue weighted by Gasteiger charge is -2.27. The molecule has 0 saturated carbocycles. The summed E-state index contributed by atoms with van der Waals surface area (Å²) in [4.78, 5) is 53.0. The van der Waals surface area contributed by atoms with Gasteiger partial charge < -0.3 is 36.9 Å². The van der Waals surface area contributed by atoms with Crippen LogP contribution in [0.1, 0.15) is 25.8 Å². The lowest BCUT2D eigenvalue weighted by Crippen LogP contribution is -2.59. The number of aromatic amines is 1. The number of carbonyl (C=O) groups is 4. The van der Waals surface area contributed by atoms with E-state index in [2.05, 4.69) is 33.6 Å². The highest BCUT2D eigenvalue weighted by molar-refractivity contribution is 7.80. The Morgan fingerprint density at radius 2 is 1.71 bits per heavy atom. The number of nitrogens with one attached hydrogen (secondary N) is 4. The molecule has 192 valence electrons. The molecule has 35 heavy (non-hydrogen) atoms. The van der Waals surface area contributed by atoms with Crippen molar-refractivity contribution in [2.45, 2.75) is 50.9 Å². The van der Waals surface area contributed by atoms with Gasteiger partial charge in [-0.25, -0.2) is 4.79 Å². The lowest BCUT2D eigenvalue weighted by molar-refractivity contribution is -0.143. The van der Waals surface area contributed by atoms with Crippen molar-refractivity contribution in [3.8, 4) is 0 Å². The summed E-state index contributed by atoms with van der Waals surface area (Å²) in [5, 5.41) is 26.8. The number of benzene rings is 1. The Labute approximate surface area is 208 Å². The highest BCUT2D eigenvalue weighted by Crippen LogP contribution is 2.19. The SMILES string of the molecule is CCC(C)C(NC(=O)C(Cc1c[nH]c2ccccc12)NC(=O)C(N)CS)C(=O)NC(CO)C(=O)O. The number of aliphatic hydroxyl groups excluding tert-OH is 1. The molecule has 0 saturated heterocycles. The normalized spacial score (nSPS) is 15.5. The van der Waals surface area contributed by atoms with Gasteiger partial charge in [0.1, 0.15) is 18.1 Å². The van der Waals surface area contributed by atoms with Gasteiger partial charge >= 0.3 is 5.97 Å². The summed E-state index contributed by atoms with van der Waals surface area (Å²) < 4.78 is 0. The first-order chi connectivity index (χ1) is 16.6. The van der Waals surface area contributed by atoms with Gasteiger partial charge in [0.2, 0.25) is 17.7 Å². The minimum atomic E-state index is -1.51. The van der Waals surface area contributed by atoms with Gasteiger partial charge in [0.05, 0.1) is 12.6 Å². The van der Waals surface area contributed by atoms with Gasteiger partial charge in [-0.05, 0) is 17.5 Å². The van der Waals surface area contributed by atoms with E-state index in [4.69, 9.17) is 10.8 Å². The minimum absolute atomic E-state index is 0.0723. The van der Waals surface area contributed by atoms with Gasteiger partial charge in [0, 0.05) is 29.3 Å². The first-order valence-corrected chi connectivity index (χ1v) is 11.9. The zero-order chi connectivity index (χ0) is 26.1. The van der Waals surface area contributed by atoms with E-state index in [1.165, 1.54) is 0 Å². The molecule has 12 heteroatoms. The summed E-state index contributed by atoms with van der Waals surface area (Å²) in [6.07, 6.45) is 2.36. The van der Waals surface area contributed by atoms with Crippen molar-refractivity contribution in [1.29, 1.82) is 0 Å². The van der Waals surface area contributed by atoms with Crippen molar-refractivity contribution in [2.24, 2.45) is 11.7 Å². The fourth-order valence-corrected chi connectivity index (χ4v) is 3.66. The molecule has 0 bridgehead atoms. The number of fused-ring (bicyclic) bond motifs is 1. The molecule has 0 spiro atoms. The van der Waals surface area contributed by atoms with Gasteiger partial charge in [0.25, 0.3) is 0 Å². The van der Waals surface area contributed by atoms with Crippen molar-refractivity contribution in [1.82, 2.24) is 20.9 Å². The van der Waals surface area contributed by atoms with Crippen LogP contribution in [0.5, 0.6) is 0 Å². The van der Waals surface area contributed by atoms with Crippen molar-refractivity contribution >= 4 is 47.2 Å². The van der Waals surface area contributed by atoms with E-state index < -0.39 is 54.5 Å². The molecule has 11 nitrogen and oxygen atoms in total. The van der Waals surface area contributed by atoms with Crippen LogP contribution in [-0.4, -0.2) is 75.4 Å². The Morgan fingerprint density at radius 3 is 2.31 bits per heavy atom. The van der Waals surface area contributed by atoms with Gasteiger partial charge in [-0.3, -0.25) is 14.4 Å². The number of aliphatic hydroxyl groups is 1. The van der Waals surface area contributed by atoms with Crippen LogP contribution in [0.2, 0.25) is 0 Å². The summed E-state index contributed by atoms with van der Waals surface area (Å²) in [6.45, 7) is 2.74. The summed E-state index contributed by atoms with van der Waals surface area (Å²) >= 11 is 4.03. The molecule has 1 aromatic carbocycles. The number of nitrogens with two attached hydrogens (primary N) is 1. The molecule has 0 aliphatic heterocycles. The van der Waals surface area contributed by atoms with Crippen LogP contribution in [0, 0.1) is 5.92 Å². The molecule has 0 aliphatic rings. The second-order valence-electron chi connectivity index (χ2n) is 8.37. The van der Waals surface area contributed by atoms with Gasteiger partial charge in [-0.1, -0.05) is 38.5 Å². The highest BCUT2D eigenvalue weighted by atomic mass is 32.1. The number of thiol groups is 1. The summed E-state index contributed by atoms with van der Waals surface area (Å²) in [5.41, 5.74) is 7.41. The number of carboxylic acid groups (broad SMARTS) is 1. The second-order valence-corrected chi connectivity index (χ2v) is 8.73. The topological polar surface area (TPSA) is 187 Å². The zero-order valence-electron chi connectivity index (χ0n) is 19.7. The van der Waals surface area contributed by atoms with Crippen LogP contribution < -0.4 is 21.7 Å². The molecular weight excluding hydrogens is 474 g/mol.